The van der Waals surface area contributed by atoms with Crippen molar-refractivity contribution >= 4 is 21.8 Å². The van der Waals surface area contributed by atoms with Crippen molar-refractivity contribution < 1.29 is 12.8 Å². The molecule has 1 aliphatic rings. The van der Waals surface area contributed by atoms with Crippen molar-refractivity contribution in [2.24, 2.45) is 0 Å². The van der Waals surface area contributed by atoms with Crippen molar-refractivity contribution in [1.29, 1.82) is 0 Å². The highest BCUT2D eigenvalue weighted by molar-refractivity contribution is 7.98. The van der Waals surface area contributed by atoms with Crippen LogP contribution in [0.15, 0.2) is 63.0 Å². The monoisotopic (exact) mass is 416 g/mol. The Bertz CT molecular complexity index is 1010. The van der Waals surface area contributed by atoms with Crippen molar-refractivity contribution in [3.05, 3.63) is 54.6 Å². The maximum atomic E-state index is 12.7. The second-order valence-corrected chi connectivity index (χ2v) is 9.39. The molecule has 1 aromatic carbocycles. The zero-order valence-electron chi connectivity index (χ0n) is 15.2. The molecule has 2 aromatic heterocycles. The van der Waals surface area contributed by atoms with Gasteiger partial charge in [-0.3, -0.25) is 0 Å². The minimum atomic E-state index is -3.45. The Morgan fingerprint density at radius 1 is 1.00 bits per heavy atom. The summed E-state index contributed by atoms with van der Waals surface area (Å²) in [5, 5.41) is 8.83. The number of piperidine rings is 1. The number of thioether (sulfide) groups is 1. The fourth-order valence-electron chi connectivity index (χ4n) is 3.00. The van der Waals surface area contributed by atoms with Gasteiger partial charge in [-0.15, -0.1) is 10.2 Å². The highest BCUT2D eigenvalue weighted by Crippen LogP contribution is 2.25. The first-order valence-corrected chi connectivity index (χ1v) is 11.5. The van der Waals surface area contributed by atoms with E-state index in [2.05, 4.69) is 15.2 Å². The molecule has 146 valence electrons. The molecule has 4 rings (SSSR count). The highest BCUT2D eigenvalue weighted by atomic mass is 32.2. The van der Waals surface area contributed by atoms with E-state index in [-0.39, 0.29) is 4.90 Å². The van der Waals surface area contributed by atoms with Gasteiger partial charge in [-0.05, 0) is 37.1 Å². The lowest BCUT2D eigenvalue weighted by molar-refractivity contribution is 0.346. The summed E-state index contributed by atoms with van der Waals surface area (Å²) < 4.78 is 32.5. The first-order chi connectivity index (χ1) is 13.6. The third-order valence-corrected chi connectivity index (χ3v) is 7.30. The van der Waals surface area contributed by atoms with Gasteiger partial charge in [0.05, 0.1) is 10.8 Å². The molecule has 7 nitrogen and oxygen atoms in total. The molecule has 1 fully saturated rings. The summed E-state index contributed by atoms with van der Waals surface area (Å²) in [6.45, 7) is 1.17. The second kappa shape index (κ2) is 8.42. The molecule has 0 bridgehead atoms. The van der Waals surface area contributed by atoms with Gasteiger partial charge in [-0.2, -0.15) is 4.31 Å². The van der Waals surface area contributed by atoms with Crippen LogP contribution in [0.2, 0.25) is 0 Å². The largest absolute Gasteiger partial charge is 0.420 e. The third kappa shape index (κ3) is 4.26. The molecule has 1 saturated heterocycles. The summed E-state index contributed by atoms with van der Waals surface area (Å²) in [5.41, 5.74) is 0.872. The van der Waals surface area contributed by atoms with Gasteiger partial charge in [0.1, 0.15) is 4.90 Å². The smallest absolute Gasteiger partial charge is 0.247 e. The Morgan fingerprint density at radius 2 is 1.79 bits per heavy atom. The Labute approximate surface area is 168 Å². The molecular weight excluding hydrogens is 396 g/mol. The first kappa shape index (κ1) is 19.1. The number of benzene rings is 1. The Balaban J connectivity index is 1.39. The van der Waals surface area contributed by atoms with Crippen LogP contribution in [0, 0.1) is 0 Å². The molecule has 28 heavy (non-hydrogen) atoms. The Morgan fingerprint density at radius 3 is 2.50 bits per heavy atom. The highest BCUT2D eigenvalue weighted by Gasteiger charge is 2.26. The van der Waals surface area contributed by atoms with E-state index < -0.39 is 10.0 Å². The maximum absolute atomic E-state index is 12.7. The van der Waals surface area contributed by atoms with Gasteiger partial charge in [0.2, 0.25) is 21.8 Å². The fraction of sp³-hybridized carbons (Fsp3) is 0.316. The van der Waals surface area contributed by atoms with Gasteiger partial charge in [0.25, 0.3) is 0 Å². The maximum Gasteiger partial charge on any atom is 0.247 e. The molecule has 3 heterocycles. The van der Waals surface area contributed by atoms with Crippen LogP contribution in [0.5, 0.6) is 0 Å². The van der Waals surface area contributed by atoms with E-state index in [1.807, 2.05) is 30.3 Å². The van der Waals surface area contributed by atoms with E-state index in [1.165, 1.54) is 18.0 Å². The average Bonchev–Trinajstić information content (AvgIpc) is 3.23. The minimum Gasteiger partial charge on any atom is -0.420 e. The lowest BCUT2D eigenvalue weighted by Crippen LogP contribution is -2.35. The SMILES string of the molecule is O=S(=O)(c1ccc(SCc2nnc(-c3ccccc3)o2)nc1)N1CCCCC1. The van der Waals surface area contributed by atoms with Gasteiger partial charge in [-0.25, -0.2) is 13.4 Å². The Hall–Kier alpha value is -2.23. The topological polar surface area (TPSA) is 89.2 Å². The third-order valence-electron chi connectivity index (χ3n) is 4.49. The normalized spacial score (nSPS) is 15.6. The van der Waals surface area contributed by atoms with Crippen LogP contribution < -0.4 is 0 Å². The zero-order chi connectivity index (χ0) is 19.4. The van der Waals surface area contributed by atoms with Crippen molar-refractivity contribution in [3.63, 3.8) is 0 Å². The number of hydrogen-bond acceptors (Lipinski definition) is 7. The molecule has 0 saturated carbocycles. The lowest BCUT2D eigenvalue weighted by atomic mass is 10.2. The van der Waals surface area contributed by atoms with Crippen molar-refractivity contribution in [2.75, 3.05) is 13.1 Å². The van der Waals surface area contributed by atoms with Crippen LogP contribution in [0.25, 0.3) is 11.5 Å². The van der Waals surface area contributed by atoms with Crippen molar-refractivity contribution in [2.45, 2.75) is 34.9 Å². The molecule has 3 aromatic rings. The molecule has 0 radical (unpaired) electrons. The predicted molar refractivity (Wildman–Crippen MR) is 106 cm³/mol. The van der Waals surface area contributed by atoms with Crippen LogP contribution in [0.1, 0.15) is 25.2 Å². The van der Waals surface area contributed by atoms with E-state index in [0.29, 0.717) is 35.6 Å². The predicted octanol–water partition coefficient (Wildman–Crippen LogP) is 3.60. The van der Waals surface area contributed by atoms with E-state index in [9.17, 15) is 8.42 Å². The summed E-state index contributed by atoms with van der Waals surface area (Å²) in [7, 11) is -3.45. The van der Waals surface area contributed by atoms with Crippen LogP contribution >= 0.6 is 11.8 Å². The molecule has 0 N–H and O–H groups in total. The number of nitrogens with zero attached hydrogens (tertiary/aromatic N) is 4. The standard InChI is InChI=1S/C19H20N4O3S2/c24-28(25,23-11-5-2-6-12-23)16-9-10-18(20-13-16)27-14-17-21-22-19(26-17)15-7-3-1-4-8-15/h1,3-4,7-10,13H,2,5-6,11-12,14H2. The second-order valence-electron chi connectivity index (χ2n) is 6.45. The van der Waals surface area contributed by atoms with E-state index >= 15 is 0 Å². The molecule has 0 spiro atoms. The Kier molecular flexibility index (Phi) is 5.74. The van der Waals surface area contributed by atoms with Crippen LogP contribution in [-0.2, 0) is 15.8 Å². The average molecular weight is 417 g/mol. The molecule has 0 aliphatic carbocycles. The van der Waals surface area contributed by atoms with Crippen LogP contribution in [0.4, 0.5) is 0 Å². The summed E-state index contributed by atoms with van der Waals surface area (Å²) in [6.07, 6.45) is 4.34. The summed E-state index contributed by atoms with van der Waals surface area (Å²) >= 11 is 1.42. The van der Waals surface area contributed by atoms with Gasteiger partial charge >= 0.3 is 0 Å². The van der Waals surface area contributed by atoms with E-state index in [1.54, 1.807) is 16.4 Å². The molecule has 0 amide bonds. The molecule has 0 atom stereocenters. The van der Waals surface area contributed by atoms with Crippen LogP contribution in [0.3, 0.4) is 0 Å². The molecular formula is C19H20N4O3S2. The van der Waals surface area contributed by atoms with Crippen LogP contribution in [-0.4, -0.2) is 41.0 Å². The van der Waals surface area contributed by atoms with Gasteiger partial charge in [0, 0.05) is 24.8 Å². The molecule has 9 heteroatoms. The zero-order valence-corrected chi connectivity index (χ0v) is 16.8. The fourth-order valence-corrected chi connectivity index (χ4v) is 5.15. The van der Waals surface area contributed by atoms with E-state index in [4.69, 9.17) is 4.42 Å². The minimum absolute atomic E-state index is 0.239. The summed E-state index contributed by atoms with van der Waals surface area (Å²) in [4.78, 5) is 4.53. The lowest BCUT2D eigenvalue weighted by Gasteiger charge is -2.25. The number of rotatable bonds is 6. The molecule has 0 unspecified atom stereocenters. The first-order valence-electron chi connectivity index (χ1n) is 9.10. The number of sulfonamides is 1. The van der Waals surface area contributed by atoms with Crippen molar-refractivity contribution in [3.8, 4) is 11.5 Å². The van der Waals surface area contributed by atoms with E-state index in [0.717, 1.165) is 24.8 Å². The summed E-state index contributed by atoms with van der Waals surface area (Å²) in [6, 6.07) is 12.9. The number of hydrogen-bond donors (Lipinski definition) is 0. The number of pyridine rings is 1. The quantitative estimate of drug-likeness (QED) is 0.567. The van der Waals surface area contributed by atoms with Gasteiger partial charge in [-0.1, -0.05) is 36.4 Å². The van der Waals surface area contributed by atoms with Gasteiger partial charge in [0.15, 0.2) is 0 Å². The summed E-state index contributed by atoms with van der Waals surface area (Å²) in [5.74, 6) is 1.44. The number of aromatic nitrogens is 3. The van der Waals surface area contributed by atoms with Crippen molar-refractivity contribution in [1.82, 2.24) is 19.5 Å². The molecule has 1 aliphatic heterocycles. The van der Waals surface area contributed by atoms with Gasteiger partial charge < -0.3 is 4.42 Å².